The third kappa shape index (κ3) is 6.94. The number of aliphatic imine (C=N–C) groups is 2. The van der Waals surface area contributed by atoms with E-state index < -0.39 is 8.56 Å². The van der Waals surface area contributed by atoms with Gasteiger partial charge in [0.05, 0.1) is 13.1 Å². The molecule has 96 valence electrons. The van der Waals surface area contributed by atoms with E-state index in [1.165, 1.54) is 12.2 Å². The van der Waals surface area contributed by atoms with Crippen LogP contribution in [0, 0.1) is 0 Å². The number of hydrogen-bond acceptors (Lipinski definition) is 6. The molecule has 0 heterocycles. The molecule has 0 unspecified atom stereocenters. The zero-order valence-corrected chi connectivity index (χ0v) is 11.3. The van der Waals surface area contributed by atoms with Crippen LogP contribution in [0.5, 0.6) is 0 Å². The highest BCUT2D eigenvalue weighted by atomic mass is 28.4. The Morgan fingerprint density at radius 3 is 1.65 bits per heavy atom. The van der Waals surface area contributed by atoms with Gasteiger partial charge in [-0.2, -0.15) is 0 Å². The highest BCUT2D eigenvalue weighted by Crippen LogP contribution is 2.21. The Balaban J connectivity index is 4.13. The van der Waals surface area contributed by atoms with Gasteiger partial charge in [-0.15, -0.1) is 0 Å². The Hall–Kier alpha value is -1.10. The molecule has 17 heavy (non-hydrogen) atoms. The quantitative estimate of drug-likeness (QED) is 0.255. The van der Waals surface area contributed by atoms with Gasteiger partial charge in [0.1, 0.15) is 0 Å². The SMILES string of the molecule is CO[Si](CCCN=C=O)(CCCN=C=O)OC. The maximum Gasteiger partial charge on any atom is 0.337 e. The molecule has 0 bridgehead atoms. The van der Waals surface area contributed by atoms with E-state index in [2.05, 4.69) is 9.98 Å². The highest BCUT2D eigenvalue weighted by Gasteiger charge is 2.34. The predicted molar refractivity (Wildman–Crippen MR) is 64.6 cm³/mol. The molecule has 0 radical (unpaired) electrons. The summed E-state index contributed by atoms with van der Waals surface area (Å²) in [5.74, 6) is 0. The lowest BCUT2D eigenvalue weighted by Gasteiger charge is -2.26. The number of carbonyl (C=O) groups excluding carboxylic acids is 2. The van der Waals surface area contributed by atoms with Crippen LogP contribution < -0.4 is 0 Å². The number of isocyanates is 2. The summed E-state index contributed by atoms with van der Waals surface area (Å²) in [5, 5.41) is 0. The third-order valence-corrected chi connectivity index (χ3v) is 6.25. The van der Waals surface area contributed by atoms with Gasteiger partial charge in [0.15, 0.2) is 0 Å². The van der Waals surface area contributed by atoms with Gasteiger partial charge < -0.3 is 8.85 Å². The smallest absolute Gasteiger partial charge is 0.337 e. The molecular formula is C10H18N2O4Si. The lowest BCUT2D eigenvalue weighted by molar-refractivity contribution is 0.239. The minimum Gasteiger partial charge on any atom is -0.398 e. The predicted octanol–water partition coefficient (Wildman–Crippen LogP) is 1.17. The van der Waals surface area contributed by atoms with Gasteiger partial charge >= 0.3 is 8.56 Å². The van der Waals surface area contributed by atoms with E-state index in [-0.39, 0.29) is 0 Å². The van der Waals surface area contributed by atoms with Crippen LogP contribution in [0.2, 0.25) is 12.1 Å². The lowest BCUT2D eigenvalue weighted by Crippen LogP contribution is -2.40. The average Bonchev–Trinajstić information content (AvgIpc) is 2.37. The summed E-state index contributed by atoms with van der Waals surface area (Å²) in [6.07, 6.45) is 4.47. The normalized spacial score (nSPS) is 10.5. The molecule has 6 nitrogen and oxygen atoms in total. The van der Waals surface area contributed by atoms with Gasteiger partial charge in [0, 0.05) is 14.2 Å². The van der Waals surface area contributed by atoms with Crippen LogP contribution in [-0.2, 0) is 18.4 Å². The second-order valence-electron chi connectivity index (χ2n) is 3.47. The van der Waals surface area contributed by atoms with Crippen molar-refractivity contribution in [1.82, 2.24) is 0 Å². The Bertz CT molecular complexity index is 269. The molecule has 0 aliphatic heterocycles. The molecule has 0 aromatic heterocycles. The number of rotatable bonds is 10. The Morgan fingerprint density at radius 2 is 1.35 bits per heavy atom. The summed E-state index contributed by atoms with van der Waals surface area (Å²) in [5.41, 5.74) is 0. The molecule has 0 aromatic carbocycles. The second-order valence-corrected chi connectivity index (χ2v) is 7.11. The highest BCUT2D eigenvalue weighted by molar-refractivity contribution is 6.67. The lowest BCUT2D eigenvalue weighted by atomic mass is 10.5. The molecule has 0 fully saturated rings. The Morgan fingerprint density at radius 1 is 0.941 bits per heavy atom. The van der Waals surface area contributed by atoms with Crippen molar-refractivity contribution in [1.29, 1.82) is 0 Å². The van der Waals surface area contributed by atoms with Gasteiger partial charge in [-0.1, -0.05) is 0 Å². The van der Waals surface area contributed by atoms with Crippen molar-refractivity contribution < 1.29 is 18.4 Å². The van der Waals surface area contributed by atoms with Crippen molar-refractivity contribution in [2.75, 3.05) is 27.3 Å². The third-order valence-electron chi connectivity index (χ3n) is 2.53. The topological polar surface area (TPSA) is 77.3 Å². The molecule has 0 rings (SSSR count). The van der Waals surface area contributed by atoms with Crippen LogP contribution in [0.1, 0.15) is 12.8 Å². The van der Waals surface area contributed by atoms with Gasteiger partial charge in [-0.05, 0) is 24.9 Å². The van der Waals surface area contributed by atoms with Crippen molar-refractivity contribution in [3.05, 3.63) is 0 Å². The molecule has 0 saturated carbocycles. The van der Waals surface area contributed by atoms with Gasteiger partial charge in [0.25, 0.3) is 0 Å². The monoisotopic (exact) mass is 258 g/mol. The van der Waals surface area contributed by atoms with E-state index in [9.17, 15) is 9.59 Å². The standard InChI is InChI=1S/C10H18N2O4Si/c1-15-17(16-2,7-3-5-11-9-13)8-4-6-12-10-14/h3-8H2,1-2H3. The largest absolute Gasteiger partial charge is 0.398 e. The molecule has 0 spiro atoms. The molecule has 7 heteroatoms. The fraction of sp³-hybridized carbons (Fsp3) is 0.800. The van der Waals surface area contributed by atoms with Crippen molar-refractivity contribution in [3.63, 3.8) is 0 Å². The molecule has 0 amide bonds. The second kappa shape index (κ2) is 10.1. The Labute approximate surface area is 102 Å². The minimum atomic E-state index is -2.22. The molecule has 0 atom stereocenters. The summed E-state index contributed by atoms with van der Waals surface area (Å²) in [6.45, 7) is 0.884. The van der Waals surface area contributed by atoms with Crippen LogP contribution in [-0.4, -0.2) is 48.0 Å². The van der Waals surface area contributed by atoms with E-state index in [0.717, 1.165) is 24.9 Å². The molecule has 0 saturated heterocycles. The van der Waals surface area contributed by atoms with Crippen LogP contribution in [0.4, 0.5) is 0 Å². The van der Waals surface area contributed by atoms with Crippen LogP contribution in [0.15, 0.2) is 9.98 Å². The molecular weight excluding hydrogens is 240 g/mol. The molecule has 0 aromatic rings. The van der Waals surface area contributed by atoms with Crippen LogP contribution in [0.3, 0.4) is 0 Å². The Kier molecular flexibility index (Phi) is 9.42. The maximum atomic E-state index is 9.92. The van der Waals surface area contributed by atoms with Gasteiger partial charge in [-0.25, -0.2) is 19.6 Å². The van der Waals surface area contributed by atoms with Gasteiger partial charge in [0.2, 0.25) is 12.2 Å². The molecule has 0 aliphatic rings. The summed E-state index contributed by atoms with van der Waals surface area (Å²) >= 11 is 0. The maximum absolute atomic E-state index is 9.92. The van der Waals surface area contributed by atoms with Crippen LogP contribution in [0.25, 0.3) is 0 Å². The van der Waals surface area contributed by atoms with Crippen LogP contribution >= 0.6 is 0 Å². The summed E-state index contributed by atoms with van der Waals surface area (Å²) in [6, 6.07) is 1.52. The summed E-state index contributed by atoms with van der Waals surface area (Å²) < 4.78 is 11.0. The average molecular weight is 258 g/mol. The first kappa shape index (κ1) is 15.9. The van der Waals surface area contributed by atoms with Crippen molar-refractivity contribution in [2.45, 2.75) is 24.9 Å². The number of nitrogens with zero attached hydrogens (tertiary/aromatic N) is 2. The minimum absolute atomic E-state index is 0.442. The summed E-state index contributed by atoms with van der Waals surface area (Å²) in [4.78, 5) is 26.8. The molecule has 0 N–H and O–H groups in total. The van der Waals surface area contributed by atoms with E-state index in [1.54, 1.807) is 14.2 Å². The fourth-order valence-corrected chi connectivity index (χ4v) is 4.19. The van der Waals surface area contributed by atoms with Crippen molar-refractivity contribution in [2.24, 2.45) is 9.98 Å². The first-order valence-electron chi connectivity index (χ1n) is 5.42. The van der Waals surface area contributed by atoms with E-state index in [4.69, 9.17) is 8.85 Å². The van der Waals surface area contributed by atoms with Crippen molar-refractivity contribution >= 4 is 20.7 Å². The zero-order valence-electron chi connectivity index (χ0n) is 10.3. The zero-order chi connectivity index (χ0) is 13.0. The number of hydrogen-bond donors (Lipinski definition) is 0. The molecule has 0 aliphatic carbocycles. The van der Waals surface area contributed by atoms with E-state index in [1.807, 2.05) is 0 Å². The fourth-order valence-electron chi connectivity index (χ4n) is 1.56. The van der Waals surface area contributed by atoms with E-state index in [0.29, 0.717) is 13.1 Å². The van der Waals surface area contributed by atoms with Gasteiger partial charge in [-0.3, -0.25) is 0 Å². The van der Waals surface area contributed by atoms with E-state index >= 15 is 0 Å². The van der Waals surface area contributed by atoms with Crippen molar-refractivity contribution in [3.8, 4) is 0 Å². The summed E-state index contributed by atoms with van der Waals surface area (Å²) in [7, 11) is 1.03. The first-order chi connectivity index (χ1) is 8.24. The first-order valence-corrected chi connectivity index (χ1v) is 7.65.